The van der Waals surface area contributed by atoms with Crippen LogP contribution in [0.5, 0.6) is 0 Å². The maximum absolute atomic E-state index is 13.4. The number of hydrogen-bond acceptors (Lipinski definition) is 23. The number of methoxy groups -OCH3 is 4. The van der Waals surface area contributed by atoms with E-state index in [2.05, 4.69) is 13.0 Å². The molecule has 23 heteroatoms. The predicted molar refractivity (Wildman–Crippen MR) is 291 cm³/mol. The van der Waals surface area contributed by atoms with Crippen LogP contribution in [-0.4, -0.2) is 230 Å². The minimum absolute atomic E-state index is 0.0236. The van der Waals surface area contributed by atoms with Crippen LogP contribution in [0.15, 0.2) is 23.3 Å². The Morgan fingerprint density at radius 2 is 1.16 bits per heavy atom. The minimum Gasteiger partial charge on any atom is -0.458 e. The molecule has 9 rings (SSSR count). The number of Topliss-reactive ketones (excluding diaryl/α,β-unsaturated/α-hetero) is 1. The Morgan fingerprint density at radius 3 is 1.69 bits per heavy atom. The number of allylic oxidation sites excluding steroid dienone is 2. The standard InChI is InChI=1S/C60H96O23/c1-14-27(2)55(67)79-42-22-37-36(60(68)20-18-35(28(3)62)59(42,60)9)16-15-33-21-34(17-19-58(33,37)8)77-43-23-38(69-10)50(29(4)73-43)80-44-24-39(70-11)52(31(6)74-44)83-57-49(66)54(72-13)53(32(7)76-57)81-45-25-40(71-12)51(30(5)75-45)82-56-48(65)47(64)46(63)41(26-61)78-56/h14-15,29-32,34-54,56-57,61,63-66,68H,16-26H2,1-13H3/b27-14+/t29-,30-,31-,32-,34+,35-,36-,37+,38+,39+,40+,41-,42-,43+,44+,45+,46-,47+,48-,49-,50-,51-,52-,53-,54-,56+,57+,58+,59+,60+/m1/s1. The molecule has 5 aliphatic heterocycles. The molecule has 0 spiro atoms. The number of carbonyl (C=O) groups is 2. The van der Waals surface area contributed by atoms with Gasteiger partial charge < -0.3 is 102 Å². The molecule has 9 aliphatic rings. The summed E-state index contributed by atoms with van der Waals surface area (Å²) < 4.78 is 93.8. The lowest BCUT2D eigenvalue weighted by atomic mass is 9.45. The summed E-state index contributed by atoms with van der Waals surface area (Å²) in [4.78, 5) is 26.6. The van der Waals surface area contributed by atoms with Crippen molar-refractivity contribution in [1.29, 1.82) is 0 Å². The van der Waals surface area contributed by atoms with Gasteiger partial charge in [-0.2, -0.15) is 0 Å². The number of aliphatic hydroxyl groups is 6. The first-order valence-corrected chi connectivity index (χ1v) is 30.1. The Bertz CT molecular complexity index is 2270. The monoisotopic (exact) mass is 1180 g/mol. The van der Waals surface area contributed by atoms with Crippen LogP contribution >= 0.6 is 0 Å². The molecular weight excluding hydrogens is 1090 g/mol. The molecule has 5 saturated heterocycles. The lowest BCUT2D eigenvalue weighted by Gasteiger charge is -2.63. The van der Waals surface area contributed by atoms with E-state index in [1.807, 2.05) is 20.8 Å². The van der Waals surface area contributed by atoms with Crippen LogP contribution < -0.4 is 0 Å². The highest BCUT2D eigenvalue weighted by Gasteiger charge is 2.72. The van der Waals surface area contributed by atoms with Crippen molar-refractivity contribution < 1.29 is 111 Å². The Hall–Kier alpha value is -2.18. The molecule has 0 radical (unpaired) electrons. The topological polar surface area (TPSA) is 294 Å². The van der Waals surface area contributed by atoms with Crippen molar-refractivity contribution >= 4 is 11.8 Å². The number of aliphatic hydroxyl groups excluding tert-OH is 5. The fourth-order valence-electron chi connectivity index (χ4n) is 16.0. The van der Waals surface area contributed by atoms with Gasteiger partial charge in [0.15, 0.2) is 31.5 Å². The van der Waals surface area contributed by atoms with Crippen LogP contribution in [0.1, 0.15) is 127 Å². The van der Waals surface area contributed by atoms with E-state index in [9.17, 15) is 40.2 Å². The molecule has 0 aromatic heterocycles. The normalized spacial score (nSPS) is 50.4. The third-order valence-corrected chi connectivity index (χ3v) is 21.0. The SMILES string of the molecule is C/C=C(\C)C(=O)O[C@@H]1C[C@H]2[C@@H](CC=C3C[C@@H](O[C@H]4C[C@H](OC)[C@H](O[C@H]5C[C@H](OC)[C@H](O[C@@H]6O[C@H](C)[C@@H](O[C@H]7C[C@H](OC)[C@H](O[C@@H]8O[C@H](CO)[C@@H](O)[C@H](O)[C@H]8O)[C@@H](C)O7)[C@H](OC)[C@H]6O)[C@@H](C)O5)[C@@H](C)O4)CC[C@@]32C)[C@@]2(O)CC[C@H](C(C)=O)[C@@]12C. The van der Waals surface area contributed by atoms with Gasteiger partial charge in [-0.15, -0.1) is 0 Å². The highest BCUT2D eigenvalue weighted by molar-refractivity contribution is 5.88. The fraction of sp³-hybridized carbons (Fsp3) is 0.900. The van der Waals surface area contributed by atoms with E-state index in [4.69, 9.17) is 71.1 Å². The molecule has 83 heavy (non-hydrogen) atoms. The maximum Gasteiger partial charge on any atom is 0.333 e. The van der Waals surface area contributed by atoms with Crippen molar-refractivity contribution in [2.75, 3.05) is 35.0 Å². The summed E-state index contributed by atoms with van der Waals surface area (Å²) in [6.07, 6.45) is -11.3. The van der Waals surface area contributed by atoms with E-state index in [0.717, 1.165) is 12.8 Å². The summed E-state index contributed by atoms with van der Waals surface area (Å²) in [5.41, 5.74) is -0.571. The molecule has 30 atom stereocenters. The lowest BCUT2D eigenvalue weighted by molar-refractivity contribution is -0.371. The zero-order chi connectivity index (χ0) is 60.2. The summed E-state index contributed by atoms with van der Waals surface area (Å²) in [6, 6.07) is 0. The molecule has 0 amide bonds. The molecule has 6 N–H and O–H groups in total. The average Bonchev–Trinajstić information content (AvgIpc) is 1.75. The number of esters is 1. The number of ether oxygens (including phenoxy) is 15. The smallest absolute Gasteiger partial charge is 0.333 e. The first-order valence-electron chi connectivity index (χ1n) is 30.1. The zero-order valence-electron chi connectivity index (χ0n) is 50.6. The van der Waals surface area contributed by atoms with Crippen LogP contribution in [0.2, 0.25) is 0 Å². The number of fused-ring (bicyclic) bond motifs is 5. The molecule has 3 saturated carbocycles. The molecule has 0 aromatic rings. The second-order valence-corrected chi connectivity index (χ2v) is 25.4. The Labute approximate surface area is 488 Å². The number of hydrogen-bond donors (Lipinski definition) is 6. The van der Waals surface area contributed by atoms with E-state index in [-0.39, 0.29) is 42.0 Å². The third-order valence-electron chi connectivity index (χ3n) is 21.0. The molecular formula is C60H96O23. The van der Waals surface area contributed by atoms with E-state index >= 15 is 0 Å². The van der Waals surface area contributed by atoms with Gasteiger partial charge in [-0.1, -0.05) is 31.6 Å². The van der Waals surface area contributed by atoms with Crippen molar-refractivity contribution in [2.45, 2.75) is 280 Å². The van der Waals surface area contributed by atoms with Gasteiger partial charge >= 0.3 is 5.97 Å². The molecule has 4 aliphatic carbocycles. The van der Waals surface area contributed by atoms with Crippen LogP contribution in [0.3, 0.4) is 0 Å². The summed E-state index contributed by atoms with van der Waals surface area (Å²) in [7, 11) is 6.16. The van der Waals surface area contributed by atoms with Crippen molar-refractivity contribution in [2.24, 2.45) is 28.6 Å². The van der Waals surface area contributed by atoms with Gasteiger partial charge in [0, 0.05) is 64.6 Å². The first kappa shape index (κ1) is 65.3. The third kappa shape index (κ3) is 12.4. The van der Waals surface area contributed by atoms with Gasteiger partial charge in [0.1, 0.15) is 72.9 Å². The summed E-state index contributed by atoms with van der Waals surface area (Å²) in [5, 5.41) is 65.6. The Balaban J connectivity index is 0.773. The lowest BCUT2D eigenvalue weighted by Crippen LogP contribution is -2.66. The molecule has 5 heterocycles. The van der Waals surface area contributed by atoms with E-state index in [1.165, 1.54) is 19.8 Å². The van der Waals surface area contributed by atoms with Gasteiger partial charge in [-0.3, -0.25) is 4.79 Å². The van der Waals surface area contributed by atoms with Crippen molar-refractivity contribution in [3.05, 3.63) is 23.3 Å². The zero-order valence-corrected chi connectivity index (χ0v) is 50.6. The van der Waals surface area contributed by atoms with Crippen LogP contribution in [0.25, 0.3) is 0 Å². The molecule has 474 valence electrons. The van der Waals surface area contributed by atoms with Gasteiger partial charge in [-0.05, 0) is 111 Å². The van der Waals surface area contributed by atoms with Crippen LogP contribution in [0, 0.1) is 28.6 Å². The average molecular weight is 1190 g/mol. The van der Waals surface area contributed by atoms with Crippen molar-refractivity contribution in [1.82, 2.24) is 0 Å². The molecule has 23 nitrogen and oxygen atoms in total. The molecule has 0 bridgehead atoms. The number of carbonyl (C=O) groups excluding carboxylic acids is 2. The largest absolute Gasteiger partial charge is 0.458 e. The molecule has 0 unspecified atom stereocenters. The van der Waals surface area contributed by atoms with Crippen molar-refractivity contribution in [3.63, 3.8) is 0 Å². The molecule has 0 aromatic carbocycles. The van der Waals surface area contributed by atoms with Crippen LogP contribution in [-0.2, 0) is 80.6 Å². The highest BCUT2D eigenvalue weighted by Crippen LogP contribution is 2.69. The summed E-state index contributed by atoms with van der Waals surface area (Å²) in [6.45, 7) is 16.1. The van der Waals surface area contributed by atoms with Gasteiger partial charge in [0.2, 0.25) is 0 Å². The first-order chi connectivity index (χ1) is 39.4. The van der Waals surface area contributed by atoms with Crippen LogP contribution in [0.4, 0.5) is 0 Å². The Morgan fingerprint density at radius 1 is 0.627 bits per heavy atom. The van der Waals surface area contributed by atoms with Gasteiger partial charge in [0.25, 0.3) is 0 Å². The highest BCUT2D eigenvalue weighted by atomic mass is 16.8. The number of rotatable bonds is 18. The molecule has 8 fully saturated rings. The minimum atomic E-state index is -1.62. The maximum atomic E-state index is 13.4. The Kier molecular flexibility index (Phi) is 20.8. The summed E-state index contributed by atoms with van der Waals surface area (Å²) >= 11 is 0. The van der Waals surface area contributed by atoms with Crippen molar-refractivity contribution in [3.8, 4) is 0 Å². The fourth-order valence-corrected chi connectivity index (χ4v) is 16.0. The van der Waals surface area contributed by atoms with E-state index in [1.54, 1.807) is 54.9 Å². The second kappa shape index (κ2) is 26.5. The summed E-state index contributed by atoms with van der Waals surface area (Å²) in [5.74, 6) is -0.842. The second-order valence-electron chi connectivity index (χ2n) is 25.4. The van der Waals surface area contributed by atoms with E-state index < -0.39 is 171 Å². The number of ketones is 1. The predicted octanol–water partition coefficient (Wildman–Crippen LogP) is 3.05. The van der Waals surface area contributed by atoms with Gasteiger partial charge in [-0.25, -0.2) is 4.79 Å². The van der Waals surface area contributed by atoms with E-state index in [0.29, 0.717) is 44.1 Å². The quantitative estimate of drug-likeness (QED) is 0.0653. The van der Waals surface area contributed by atoms with Gasteiger partial charge in [0.05, 0.1) is 61.0 Å².